The number of benzene rings is 2. The van der Waals surface area contributed by atoms with Crippen molar-refractivity contribution in [1.82, 2.24) is 0 Å². The number of carbonyl (C=O) groups is 1. The van der Waals surface area contributed by atoms with Crippen LogP contribution >= 0.6 is 22.9 Å². The molecule has 0 radical (unpaired) electrons. The Hall–Kier alpha value is -1.58. The van der Waals surface area contributed by atoms with Gasteiger partial charge in [0, 0.05) is 25.2 Å². The summed E-state index contributed by atoms with van der Waals surface area (Å²) in [4.78, 5) is 12.4. The zero-order valence-electron chi connectivity index (χ0n) is 14.0. The van der Waals surface area contributed by atoms with E-state index < -0.39 is 0 Å². The molecule has 0 N–H and O–H groups in total. The lowest BCUT2D eigenvalue weighted by atomic mass is 9.93. The van der Waals surface area contributed by atoms with E-state index in [1.54, 1.807) is 11.3 Å². The molecule has 2 aromatic carbocycles. The molecule has 1 aromatic heterocycles. The van der Waals surface area contributed by atoms with Gasteiger partial charge < -0.3 is 4.74 Å². The smallest absolute Gasteiger partial charge is 0.313 e. The summed E-state index contributed by atoms with van der Waals surface area (Å²) in [5.41, 5.74) is 1.05. The molecule has 0 saturated carbocycles. The van der Waals surface area contributed by atoms with Crippen LogP contribution in [0.3, 0.4) is 0 Å². The number of thiophene rings is 1. The highest BCUT2D eigenvalue weighted by molar-refractivity contribution is 7.25. The lowest BCUT2D eigenvalue weighted by Gasteiger charge is -2.15. The van der Waals surface area contributed by atoms with Gasteiger partial charge in [0.15, 0.2) is 0 Å². The van der Waals surface area contributed by atoms with Crippen LogP contribution in [-0.2, 0) is 9.53 Å². The van der Waals surface area contributed by atoms with Crippen molar-refractivity contribution >= 4 is 49.1 Å². The minimum atomic E-state index is -0.178. The molecule has 0 aliphatic rings. The number of fused-ring (bicyclic) bond motifs is 3. The van der Waals surface area contributed by atoms with Gasteiger partial charge in [-0.05, 0) is 43.2 Å². The van der Waals surface area contributed by atoms with Crippen LogP contribution in [-0.4, -0.2) is 12.6 Å². The monoisotopic (exact) mass is 360 g/mol. The highest BCUT2D eigenvalue weighted by Gasteiger charge is 2.22. The zero-order valence-corrected chi connectivity index (χ0v) is 15.5. The van der Waals surface area contributed by atoms with Crippen molar-refractivity contribution in [2.24, 2.45) is 0 Å². The van der Waals surface area contributed by atoms with Gasteiger partial charge in [0.1, 0.15) is 0 Å². The van der Waals surface area contributed by atoms with E-state index >= 15 is 0 Å². The van der Waals surface area contributed by atoms with Gasteiger partial charge in [-0.2, -0.15) is 0 Å². The van der Waals surface area contributed by atoms with Gasteiger partial charge in [-0.15, -0.1) is 11.3 Å². The van der Waals surface area contributed by atoms with Crippen molar-refractivity contribution in [2.45, 2.75) is 39.0 Å². The Bertz CT molecular complexity index is 869. The van der Waals surface area contributed by atoms with Crippen molar-refractivity contribution in [3.05, 3.63) is 47.0 Å². The fraction of sp³-hybridized carbons (Fsp3) is 0.350. The Morgan fingerprint density at radius 3 is 2.71 bits per heavy atom. The Morgan fingerprint density at radius 2 is 1.96 bits per heavy atom. The molecule has 24 heavy (non-hydrogen) atoms. The summed E-state index contributed by atoms with van der Waals surface area (Å²) >= 11 is 7.87. The molecule has 0 spiro atoms. The van der Waals surface area contributed by atoms with Crippen LogP contribution in [0.2, 0.25) is 5.02 Å². The Morgan fingerprint density at radius 1 is 1.12 bits per heavy atom. The number of unbranched alkanes of at least 4 members (excludes halogenated alkanes) is 1. The molecule has 0 fully saturated rings. The third-order valence-electron chi connectivity index (χ3n) is 4.28. The van der Waals surface area contributed by atoms with Crippen molar-refractivity contribution in [1.29, 1.82) is 0 Å². The van der Waals surface area contributed by atoms with Gasteiger partial charge in [-0.3, -0.25) is 4.79 Å². The minimum Gasteiger partial charge on any atom is -0.466 e. The topological polar surface area (TPSA) is 26.3 Å². The highest BCUT2D eigenvalue weighted by Crippen LogP contribution is 2.37. The predicted octanol–water partition coefficient (Wildman–Crippen LogP) is 6.54. The fourth-order valence-electron chi connectivity index (χ4n) is 3.05. The van der Waals surface area contributed by atoms with Crippen LogP contribution in [0.25, 0.3) is 20.2 Å². The first-order valence-corrected chi connectivity index (χ1v) is 9.61. The molecular weight excluding hydrogens is 340 g/mol. The third-order valence-corrected chi connectivity index (χ3v) is 5.65. The molecule has 0 aliphatic carbocycles. The first-order valence-electron chi connectivity index (χ1n) is 8.42. The Balaban J connectivity index is 2.03. The van der Waals surface area contributed by atoms with E-state index in [1.165, 1.54) is 20.2 Å². The molecule has 126 valence electrons. The summed E-state index contributed by atoms with van der Waals surface area (Å²) in [7, 11) is 0. The molecule has 1 atom stereocenters. The van der Waals surface area contributed by atoms with E-state index in [1.807, 2.05) is 19.1 Å². The van der Waals surface area contributed by atoms with Crippen LogP contribution in [0.4, 0.5) is 0 Å². The van der Waals surface area contributed by atoms with Crippen LogP contribution in [0.1, 0.15) is 44.6 Å². The first kappa shape index (κ1) is 17.2. The number of hydrogen-bond donors (Lipinski definition) is 0. The number of carbonyl (C=O) groups excluding carboxylic acids is 1. The molecule has 3 aromatic rings. The van der Waals surface area contributed by atoms with Crippen molar-refractivity contribution in [3.8, 4) is 0 Å². The third kappa shape index (κ3) is 3.42. The van der Waals surface area contributed by atoms with Crippen LogP contribution in [0, 0.1) is 0 Å². The number of ether oxygens (including phenoxy) is 1. The SMILES string of the molecule is CCCCC(C(=O)OCC)c1ccc2c(c1)sc1ccc(Cl)cc12. The van der Waals surface area contributed by atoms with Gasteiger partial charge in [0.05, 0.1) is 12.5 Å². The van der Waals surface area contributed by atoms with Crippen molar-refractivity contribution in [3.63, 3.8) is 0 Å². The molecule has 0 amide bonds. The van der Waals surface area contributed by atoms with Crippen LogP contribution in [0.15, 0.2) is 36.4 Å². The number of rotatable bonds is 6. The molecule has 0 saturated heterocycles. The second kappa shape index (κ2) is 7.54. The minimum absolute atomic E-state index is 0.116. The van der Waals surface area contributed by atoms with Gasteiger partial charge in [-0.1, -0.05) is 43.5 Å². The van der Waals surface area contributed by atoms with E-state index in [-0.39, 0.29) is 11.9 Å². The molecular formula is C20H21ClO2S. The van der Waals surface area contributed by atoms with Gasteiger partial charge in [0.25, 0.3) is 0 Å². The van der Waals surface area contributed by atoms with Crippen LogP contribution in [0.5, 0.6) is 0 Å². The molecule has 1 unspecified atom stereocenters. The van der Waals surface area contributed by atoms with E-state index in [0.29, 0.717) is 6.61 Å². The lowest BCUT2D eigenvalue weighted by molar-refractivity contribution is -0.145. The predicted molar refractivity (Wildman–Crippen MR) is 103 cm³/mol. The molecule has 4 heteroatoms. The maximum atomic E-state index is 12.4. The molecule has 2 nitrogen and oxygen atoms in total. The molecule has 0 aliphatic heterocycles. The normalized spacial score (nSPS) is 12.6. The van der Waals surface area contributed by atoms with Gasteiger partial charge in [-0.25, -0.2) is 0 Å². The molecule has 1 heterocycles. The molecule has 3 rings (SSSR count). The number of halogens is 1. The first-order chi connectivity index (χ1) is 11.6. The number of esters is 1. The second-order valence-electron chi connectivity index (χ2n) is 5.95. The lowest BCUT2D eigenvalue weighted by Crippen LogP contribution is -2.16. The highest BCUT2D eigenvalue weighted by atomic mass is 35.5. The largest absolute Gasteiger partial charge is 0.466 e. The zero-order chi connectivity index (χ0) is 17.1. The summed E-state index contributed by atoms with van der Waals surface area (Å²) in [6.07, 6.45) is 2.92. The summed E-state index contributed by atoms with van der Waals surface area (Å²) in [6, 6.07) is 12.3. The van der Waals surface area contributed by atoms with E-state index in [9.17, 15) is 4.79 Å². The van der Waals surface area contributed by atoms with E-state index in [0.717, 1.165) is 29.8 Å². The number of hydrogen-bond acceptors (Lipinski definition) is 3. The average molecular weight is 361 g/mol. The molecule has 0 bridgehead atoms. The van der Waals surface area contributed by atoms with Gasteiger partial charge >= 0.3 is 5.97 Å². The van der Waals surface area contributed by atoms with E-state index in [2.05, 4.69) is 31.2 Å². The standard InChI is InChI=1S/C20H21ClO2S/c1-3-5-6-15(20(22)23-4-2)13-7-9-16-17-12-14(21)8-10-18(17)24-19(16)11-13/h7-12,15H,3-6H2,1-2H3. The quantitative estimate of drug-likeness (QED) is 0.466. The Kier molecular flexibility index (Phi) is 5.42. The summed E-state index contributed by atoms with van der Waals surface area (Å²) < 4.78 is 7.70. The maximum absolute atomic E-state index is 12.4. The summed E-state index contributed by atoms with van der Waals surface area (Å²) in [5, 5.41) is 3.12. The second-order valence-corrected chi connectivity index (χ2v) is 7.47. The summed E-state index contributed by atoms with van der Waals surface area (Å²) in [6.45, 7) is 4.42. The average Bonchev–Trinajstić information content (AvgIpc) is 2.92. The fourth-order valence-corrected chi connectivity index (χ4v) is 4.36. The maximum Gasteiger partial charge on any atom is 0.313 e. The van der Waals surface area contributed by atoms with Crippen LogP contribution < -0.4 is 0 Å². The van der Waals surface area contributed by atoms with Gasteiger partial charge in [0.2, 0.25) is 0 Å². The van der Waals surface area contributed by atoms with Crippen molar-refractivity contribution in [2.75, 3.05) is 6.61 Å². The Labute approximate surface area is 151 Å². The summed E-state index contributed by atoms with van der Waals surface area (Å²) in [5.74, 6) is -0.294. The van der Waals surface area contributed by atoms with Crippen molar-refractivity contribution < 1.29 is 9.53 Å². The van der Waals surface area contributed by atoms with E-state index in [4.69, 9.17) is 16.3 Å².